The van der Waals surface area contributed by atoms with E-state index in [1.54, 1.807) is 0 Å². The monoisotopic (exact) mass is 244 g/mol. The molecule has 0 amide bonds. The molecule has 2 nitrogen and oxygen atoms in total. The second-order valence-corrected chi connectivity index (χ2v) is 1.44. The van der Waals surface area contributed by atoms with Crippen molar-refractivity contribution in [2.75, 3.05) is 13.2 Å². The quantitative estimate of drug-likeness (QED) is 0.379. The number of hydrogen-bond donors (Lipinski definition) is 0. The molecule has 0 aromatic rings. The first-order valence-electron chi connectivity index (χ1n) is 2.46. The van der Waals surface area contributed by atoms with E-state index in [1.807, 2.05) is 13.3 Å². The van der Waals surface area contributed by atoms with Gasteiger partial charge in [-0.15, -0.1) is 0 Å². The Bertz CT molecular complexity index is 56.9. The van der Waals surface area contributed by atoms with Crippen LogP contribution >= 0.6 is 0 Å². The van der Waals surface area contributed by atoms with E-state index < -0.39 is 0 Å². The Morgan fingerprint density at radius 2 is 1.78 bits per heavy atom. The summed E-state index contributed by atoms with van der Waals surface area (Å²) in [5.74, 6) is 0. The summed E-state index contributed by atoms with van der Waals surface area (Å²) in [6.45, 7) is 3.42. The molecular formula is C5H9BrO2Zn. The Morgan fingerprint density at radius 1 is 1.33 bits per heavy atom. The summed E-state index contributed by atoms with van der Waals surface area (Å²) < 4.78 is 10.0. The van der Waals surface area contributed by atoms with Crippen molar-refractivity contribution in [3.63, 3.8) is 0 Å². The molecule has 1 saturated heterocycles. The third kappa shape index (κ3) is 4.43. The van der Waals surface area contributed by atoms with Crippen molar-refractivity contribution >= 4 is 0 Å². The summed E-state index contributed by atoms with van der Waals surface area (Å²) in [6, 6.07) is 0. The van der Waals surface area contributed by atoms with Gasteiger partial charge in [0.1, 0.15) is 0 Å². The van der Waals surface area contributed by atoms with Gasteiger partial charge in [0.25, 0.3) is 0 Å². The van der Waals surface area contributed by atoms with E-state index in [2.05, 4.69) is 0 Å². The molecule has 0 unspecified atom stereocenters. The third-order valence-corrected chi connectivity index (χ3v) is 0.920. The molecular weight excluding hydrogens is 237 g/mol. The summed E-state index contributed by atoms with van der Waals surface area (Å²) in [5.41, 5.74) is 0. The molecule has 0 aromatic carbocycles. The molecule has 0 bridgehead atoms. The fourth-order valence-electron chi connectivity index (χ4n) is 0.569. The van der Waals surface area contributed by atoms with E-state index in [1.165, 1.54) is 0 Å². The third-order valence-electron chi connectivity index (χ3n) is 0.920. The summed E-state index contributed by atoms with van der Waals surface area (Å²) in [4.78, 5) is 0. The van der Waals surface area contributed by atoms with Gasteiger partial charge in [0.05, 0.1) is 13.2 Å². The molecule has 1 aliphatic rings. The summed E-state index contributed by atoms with van der Waals surface area (Å²) in [6.07, 6.45) is 1.87. The van der Waals surface area contributed by atoms with Crippen LogP contribution in [0.3, 0.4) is 0 Å². The predicted molar refractivity (Wildman–Crippen MR) is 25.7 cm³/mol. The molecule has 4 heteroatoms. The van der Waals surface area contributed by atoms with Crippen molar-refractivity contribution in [2.45, 2.75) is 13.2 Å². The molecule has 0 saturated carbocycles. The largest absolute Gasteiger partial charge is 2.00 e. The summed E-state index contributed by atoms with van der Waals surface area (Å²) in [7, 11) is 0. The zero-order chi connectivity index (χ0) is 5.11. The Balaban J connectivity index is 0. The van der Waals surface area contributed by atoms with Gasteiger partial charge in [-0.2, -0.15) is 6.92 Å². The molecule has 1 aliphatic heterocycles. The second kappa shape index (κ2) is 7.13. The maximum absolute atomic E-state index is 5.02. The first kappa shape index (κ1) is 12.7. The van der Waals surface area contributed by atoms with Gasteiger partial charge < -0.3 is 26.5 Å². The van der Waals surface area contributed by atoms with Gasteiger partial charge in [-0.25, -0.2) is 0 Å². The van der Waals surface area contributed by atoms with Crippen LogP contribution in [0.5, 0.6) is 0 Å². The predicted octanol–water partition coefficient (Wildman–Crippen LogP) is -2.42. The first-order chi connectivity index (χ1) is 3.43. The fourth-order valence-corrected chi connectivity index (χ4v) is 0.569. The van der Waals surface area contributed by atoms with E-state index in [4.69, 9.17) is 9.47 Å². The molecule has 0 atom stereocenters. The first-order valence-corrected chi connectivity index (χ1v) is 2.46. The Morgan fingerprint density at radius 3 is 2.00 bits per heavy atom. The van der Waals surface area contributed by atoms with E-state index >= 15 is 0 Å². The van der Waals surface area contributed by atoms with Gasteiger partial charge in [0, 0.05) is 6.29 Å². The summed E-state index contributed by atoms with van der Waals surface area (Å²) >= 11 is 0. The second-order valence-electron chi connectivity index (χ2n) is 1.44. The molecule has 1 fully saturated rings. The van der Waals surface area contributed by atoms with Crippen LogP contribution in [0.1, 0.15) is 6.92 Å². The van der Waals surface area contributed by atoms with Crippen molar-refractivity contribution in [3.8, 4) is 0 Å². The van der Waals surface area contributed by atoms with Crippen molar-refractivity contribution in [1.82, 2.24) is 0 Å². The van der Waals surface area contributed by atoms with Crippen LogP contribution in [0, 0.1) is 6.42 Å². The fraction of sp³-hybridized carbons (Fsp3) is 0.800. The molecule has 0 aliphatic carbocycles. The number of ether oxygens (including phenoxy) is 2. The molecule has 0 aromatic heterocycles. The molecule has 1 rings (SSSR count). The summed E-state index contributed by atoms with van der Waals surface area (Å²) in [5, 5.41) is 0. The van der Waals surface area contributed by atoms with Crippen LogP contribution in [-0.2, 0) is 29.0 Å². The normalized spacial score (nSPS) is 18.3. The zero-order valence-electron chi connectivity index (χ0n) is 5.47. The van der Waals surface area contributed by atoms with Gasteiger partial charge >= 0.3 is 19.5 Å². The van der Waals surface area contributed by atoms with Gasteiger partial charge in [-0.3, -0.25) is 6.42 Å². The van der Waals surface area contributed by atoms with Gasteiger partial charge in [-0.05, 0) is 0 Å². The maximum Gasteiger partial charge on any atom is 2.00 e. The van der Waals surface area contributed by atoms with Crippen LogP contribution in [0.2, 0.25) is 0 Å². The van der Waals surface area contributed by atoms with Gasteiger partial charge in [-0.1, -0.05) is 0 Å². The van der Waals surface area contributed by atoms with Gasteiger partial charge in [0.15, 0.2) is 0 Å². The van der Waals surface area contributed by atoms with E-state index in [9.17, 15) is 0 Å². The maximum atomic E-state index is 5.02. The van der Waals surface area contributed by atoms with Crippen LogP contribution in [0.4, 0.5) is 0 Å². The average molecular weight is 246 g/mol. The van der Waals surface area contributed by atoms with Gasteiger partial charge in [0.2, 0.25) is 0 Å². The SMILES string of the molecule is C[CH-]C1OCCO1.[Br-].[Zn+2]. The van der Waals surface area contributed by atoms with Crippen LogP contribution in [0.15, 0.2) is 0 Å². The molecule has 50 valence electrons. The number of hydrogen-bond acceptors (Lipinski definition) is 2. The minimum absolute atomic E-state index is 0. The Labute approximate surface area is 78.8 Å². The van der Waals surface area contributed by atoms with E-state index in [0.717, 1.165) is 13.2 Å². The smallest absolute Gasteiger partial charge is 1.00 e. The molecule has 0 spiro atoms. The van der Waals surface area contributed by atoms with E-state index in [-0.39, 0.29) is 42.7 Å². The van der Waals surface area contributed by atoms with Crippen LogP contribution in [-0.4, -0.2) is 19.5 Å². The van der Waals surface area contributed by atoms with Crippen molar-refractivity contribution in [2.24, 2.45) is 0 Å². The van der Waals surface area contributed by atoms with Crippen LogP contribution < -0.4 is 17.0 Å². The minimum Gasteiger partial charge on any atom is -1.00 e. The van der Waals surface area contributed by atoms with Crippen molar-refractivity contribution in [3.05, 3.63) is 6.42 Å². The van der Waals surface area contributed by atoms with E-state index in [0.29, 0.717) is 0 Å². The zero-order valence-corrected chi connectivity index (χ0v) is 10.0. The van der Waals surface area contributed by atoms with Crippen molar-refractivity contribution in [1.29, 1.82) is 0 Å². The minimum atomic E-state index is -0.0278. The molecule has 0 radical (unpaired) electrons. The van der Waals surface area contributed by atoms with Crippen LogP contribution in [0.25, 0.3) is 0 Å². The topological polar surface area (TPSA) is 18.5 Å². The molecule has 0 N–H and O–H groups in total. The molecule has 9 heavy (non-hydrogen) atoms. The standard InChI is InChI=1S/C5H9O2.BrH.Zn/c1-2-5-6-3-4-7-5;;/h2,5H,3-4H2,1H3;1H;/q-1;;+2/p-1. The Kier molecular flexibility index (Phi) is 10.0. The number of rotatable bonds is 1. The van der Waals surface area contributed by atoms with Crippen molar-refractivity contribution < 1.29 is 45.9 Å². The number of halogens is 1. The average Bonchev–Trinajstić information content (AvgIpc) is 2.14. The molecule has 1 heterocycles. The Hall–Kier alpha value is 1.02.